The van der Waals surface area contributed by atoms with Crippen LogP contribution in [0.5, 0.6) is 5.75 Å². The molecule has 2 fully saturated rings. The van der Waals surface area contributed by atoms with E-state index >= 15 is 0 Å². The summed E-state index contributed by atoms with van der Waals surface area (Å²) >= 11 is 0. The molecule has 5 nitrogen and oxygen atoms in total. The lowest BCUT2D eigenvalue weighted by Gasteiger charge is -2.50. The Morgan fingerprint density at radius 2 is 1.84 bits per heavy atom. The van der Waals surface area contributed by atoms with E-state index in [1.54, 1.807) is 12.1 Å². The first-order valence-corrected chi connectivity index (χ1v) is 14.0. The molecule has 0 heterocycles. The van der Waals surface area contributed by atoms with E-state index in [4.69, 9.17) is 14.2 Å². The zero-order chi connectivity index (χ0) is 26.0. The van der Waals surface area contributed by atoms with Gasteiger partial charge in [-0.25, -0.2) is 4.79 Å². The van der Waals surface area contributed by atoms with Crippen molar-refractivity contribution in [3.05, 3.63) is 64.7 Å². The molecule has 3 aliphatic rings. The van der Waals surface area contributed by atoms with Crippen molar-refractivity contribution in [2.24, 2.45) is 17.3 Å². The Balaban J connectivity index is 1.23. The van der Waals surface area contributed by atoms with E-state index in [0.717, 1.165) is 43.4 Å². The van der Waals surface area contributed by atoms with Crippen LogP contribution in [0.3, 0.4) is 0 Å². The van der Waals surface area contributed by atoms with E-state index in [-0.39, 0.29) is 23.5 Å². The Hall–Kier alpha value is -2.82. The number of hydrogen-bond donors (Lipinski definition) is 0. The van der Waals surface area contributed by atoms with Crippen molar-refractivity contribution in [2.45, 2.75) is 90.3 Å². The minimum absolute atomic E-state index is 0.00299. The maximum atomic E-state index is 12.4. The monoisotopic (exact) mass is 504 g/mol. The fraction of sp³-hybridized carbons (Fsp3) is 0.562. The van der Waals surface area contributed by atoms with Crippen LogP contribution in [0.1, 0.15) is 98.2 Å². The third-order valence-electron chi connectivity index (χ3n) is 9.40. The van der Waals surface area contributed by atoms with Crippen molar-refractivity contribution < 1.29 is 23.8 Å². The molecule has 37 heavy (non-hydrogen) atoms. The molecule has 0 radical (unpaired) electrons. The molecule has 5 rings (SSSR count). The van der Waals surface area contributed by atoms with Crippen LogP contribution >= 0.6 is 0 Å². The average Bonchev–Trinajstić information content (AvgIpc) is 3.26. The molecule has 5 atom stereocenters. The van der Waals surface area contributed by atoms with Crippen LogP contribution in [0.25, 0.3) is 0 Å². The summed E-state index contributed by atoms with van der Waals surface area (Å²) in [6.07, 6.45) is 9.35. The quantitative estimate of drug-likeness (QED) is 0.362. The predicted octanol–water partition coefficient (Wildman–Crippen LogP) is 7.01. The maximum absolute atomic E-state index is 12.4. The lowest BCUT2D eigenvalue weighted by atomic mass is 9.55. The zero-order valence-electron chi connectivity index (χ0n) is 22.5. The largest absolute Gasteiger partial charge is 0.489 e. The van der Waals surface area contributed by atoms with Crippen molar-refractivity contribution in [3.8, 4) is 5.75 Å². The molecule has 5 heteroatoms. The third-order valence-corrected chi connectivity index (χ3v) is 9.40. The molecule has 0 aromatic heterocycles. The fourth-order valence-electron chi connectivity index (χ4n) is 7.35. The number of methoxy groups -OCH3 is 1. The van der Waals surface area contributed by atoms with Gasteiger partial charge in [-0.05, 0) is 104 Å². The van der Waals surface area contributed by atoms with Crippen molar-refractivity contribution in [2.75, 3.05) is 7.11 Å². The first-order chi connectivity index (χ1) is 17.9. The first-order valence-electron chi connectivity index (χ1n) is 14.0. The number of esters is 2. The number of benzene rings is 2. The van der Waals surface area contributed by atoms with Gasteiger partial charge in [0.05, 0.1) is 12.7 Å². The molecule has 0 saturated heterocycles. The Bertz CT molecular complexity index is 1120. The molecule has 0 spiro atoms. The highest BCUT2D eigenvalue weighted by atomic mass is 16.5. The minimum atomic E-state index is -0.329. The lowest BCUT2D eigenvalue weighted by molar-refractivity contribution is -0.157. The Morgan fingerprint density at radius 3 is 2.59 bits per heavy atom. The van der Waals surface area contributed by atoms with Gasteiger partial charge in [-0.15, -0.1) is 0 Å². The molecule has 0 N–H and O–H groups in total. The van der Waals surface area contributed by atoms with Gasteiger partial charge in [-0.2, -0.15) is 0 Å². The number of fused-ring (bicyclic) bond motifs is 5. The van der Waals surface area contributed by atoms with Gasteiger partial charge in [0.2, 0.25) is 0 Å². The summed E-state index contributed by atoms with van der Waals surface area (Å²) < 4.78 is 16.9. The number of rotatable bonds is 8. The molecule has 2 aromatic carbocycles. The summed E-state index contributed by atoms with van der Waals surface area (Å²) in [4.78, 5) is 24.0. The number of unbranched alkanes of at least 4 members (excludes halogenated alkanes) is 1. The summed E-state index contributed by atoms with van der Waals surface area (Å²) in [6.45, 7) is 4.97. The molecule has 0 aliphatic heterocycles. The highest BCUT2D eigenvalue weighted by molar-refractivity contribution is 5.89. The van der Waals surface area contributed by atoms with E-state index in [1.807, 2.05) is 12.1 Å². The van der Waals surface area contributed by atoms with Gasteiger partial charge in [0.1, 0.15) is 18.5 Å². The van der Waals surface area contributed by atoms with Gasteiger partial charge in [0, 0.05) is 11.8 Å². The second-order valence-electron chi connectivity index (χ2n) is 11.5. The molecule has 0 unspecified atom stereocenters. The maximum Gasteiger partial charge on any atom is 0.337 e. The summed E-state index contributed by atoms with van der Waals surface area (Å²) in [7, 11) is 1.39. The van der Waals surface area contributed by atoms with Gasteiger partial charge in [0.25, 0.3) is 0 Å². The van der Waals surface area contributed by atoms with Gasteiger partial charge in [-0.1, -0.05) is 38.5 Å². The van der Waals surface area contributed by atoms with E-state index in [9.17, 15) is 9.59 Å². The van der Waals surface area contributed by atoms with Gasteiger partial charge < -0.3 is 14.2 Å². The molecule has 0 amide bonds. The Kier molecular flexibility index (Phi) is 7.60. The normalized spacial score (nSPS) is 28.0. The second-order valence-corrected chi connectivity index (χ2v) is 11.5. The van der Waals surface area contributed by atoms with Crippen LogP contribution in [0.4, 0.5) is 0 Å². The average molecular weight is 505 g/mol. The molecule has 2 saturated carbocycles. The summed E-state index contributed by atoms with van der Waals surface area (Å²) in [6, 6.07) is 14.0. The first kappa shape index (κ1) is 25.8. The van der Waals surface area contributed by atoms with Gasteiger partial charge in [0.15, 0.2) is 0 Å². The Morgan fingerprint density at radius 1 is 1.03 bits per heavy atom. The summed E-state index contributed by atoms with van der Waals surface area (Å²) in [5.74, 6) is 2.46. The van der Waals surface area contributed by atoms with Crippen LogP contribution < -0.4 is 4.74 Å². The number of hydrogen-bond acceptors (Lipinski definition) is 5. The predicted molar refractivity (Wildman–Crippen MR) is 143 cm³/mol. The second kappa shape index (κ2) is 10.9. The lowest BCUT2D eigenvalue weighted by Crippen LogP contribution is -2.45. The number of carbonyl (C=O) groups excluding carboxylic acids is 2. The van der Waals surface area contributed by atoms with Gasteiger partial charge >= 0.3 is 11.9 Å². The molecule has 198 valence electrons. The topological polar surface area (TPSA) is 61.8 Å². The highest BCUT2D eigenvalue weighted by Crippen LogP contribution is 2.61. The molecular weight excluding hydrogens is 464 g/mol. The molecule has 0 bridgehead atoms. The van der Waals surface area contributed by atoms with Crippen LogP contribution in [-0.2, 0) is 27.3 Å². The highest BCUT2D eigenvalue weighted by Gasteiger charge is 2.56. The number of carbonyl (C=O) groups is 2. The zero-order valence-corrected chi connectivity index (χ0v) is 22.5. The van der Waals surface area contributed by atoms with Crippen LogP contribution in [0.2, 0.25) is 0 Å². The SMILES string of the molecule is CCCCC(=O)O[C@@H]1CC[C@H]2[C@H]3CCc4cc(OCc5ccc(C(=O)OC)cc5)ccc4[C@H]3CC[C@]12C. The molecular formula is C32H40O5. The van der Waals surface area contributed by atoms with Crippen LogP contribution in [-0.4, -0.2) is 25.2 Å². The van der Waals surface area contributed by atoms with Gasteiger partial charge in [-0.3, -0.25) is 4.79 Å². The van der Waals surface area contributed by atoms with Crippen molar-refractivity contribution in [1.29, 1.82) is 0 Å². The molecule has 3 aliphatic carbocycles. The van der Waals surface area contributed by atoms with Crippen molar-refractivity contribution in [1.82, 2.24) is 0 Å². The van der Waals surface area contributed by atoms with Crippen molar-refractivity contribution >= 4 is 11.9 Å². The van der Waals surface area contributed by atoms with Crippen LogP contribution in [0, 0.1) is 17.3 Å². The van der Waals surface area contributed by atoms with E-state index < -0.39 is 0 Å². The summed E-state index contributed by atoms with van der Waals surface area (Å²) in [5.41, 5.74) is 4.59. The van der Waals surface area contributed by atoms with E-state index in [0.29, 0.717) is 36.3 Å². The van der Waals surface area contributed by atoms with Crippen molar-refractivity contribution in [3.63, 3.8) is 0 Å². The smallest absolute Gasteiger partial charge is 0.337 e. The van der Waals surface area contributed by atoms with E-state index in [2.05, 4.69) is 32.0 Å². The standard InChI is InChI=1S/C32H40O5/c1-4-5-6-30(33)37-29-16-15-28-27-13-11-23-19-24(12-14-25(23)26(27)17-18-32(28,29)2)36-20-21-7-9-22(10-8-21)31(34)35-3/h7-10,12,14,19,26-29H,4-6,11,13,15-18,20H2,1-3H3/t26-,27+,28+,29-,32+/m1/s1. The third kappa shape index (κ3) is 5.15. The number of ether oxygens (including phenoxy) is 3. The molecule has 2 aromatic rings. The fourth-order valence-corrected chi connectivity index (χ4v) is 7.35. The number of aryl methyl sites for hydroxylation is 1. The summed E-state index contributed by atoms with van der Waals surface area (Å²) in [5, 5.41) is 0. The van der Waals surface area contributed by atoms with E-state index in [1.165, 1.54) is 37.5 Å². The van der Waals surface area contributed by atoms with Crippen LogP contribution in [0.15, 0.2) is 42.5 Å². The Labute approximate surface area is 220 Å². The minimum Gasteiger partial charge on any atom is -0.489 e.